The minimum atomic E-state index is -3.42. The first-order valence-corrected chi connectivity index (χ1v) is 7.00. The summed E-state index contributed by atoms with van der Waals surface area (Å²) >= 11 is 0. The van der Waals surface area contributed by atoms with Crippen molar-refractivity contribution < 1.29 is 8.42 Å². The second-order valence-corrected chi connectivity index (χ2v) is 6.24. The zero-order valence-corrected chi connectivity index (χ0v) is 10.3. The van der Waals surface area contributed by atoms with Gasteiger partial charge in [-0.05, 0) is 24.7 Å². The lowest BCUT2D eigenvalue weighted by molar-refractivity contribution is 0.402. The quantitative estimate of drug-likeness (QED) is 0.835. The lowest BCUT2D eigenvalue weighted by Crippen LogP contribution is -2.37. The Bertz CT molecular complexity index is 441. The molecule has 1 saturated carbocycles. The standard InChI is InChI=1S/C10H17N3O2S/c1-7-3-4-9(8(7)2)13-16(14,15)10-5-11-6-12-10/h5-9,13H,3-4H2,1-2H3,(H,11,12). The van der Waals surface area contributed by atoms with Crippen LogP contribution in [0.15, 0.2) is 17.6 Å². The number of nitrogens with zero attached hydrogens (tertiary/aromatic N) is 1. The van der Waals surface area contributed by atoms with Crippen LogP contribution in [0.4, 0.5) is 0 Å². The fourth-order valence-corrected chi connectivity index (χ4v) is 3.45. The molecule has 3 atom stereocenters. The molecule has 1 aromatic rings. The molecule has 1 aliphatic rings. The molecule has 0 bridgehead atoms. The molecule has 16 heavy (non-hydrogen) atoms. The third-order valence-electron chi connectivity index (χ3n) is 3.53. The monoisotopic (exact) mass is 243 g/mol. The van der Waals surface area contributed by atoms with Crippen molar-refractivity contribution in [2.45, 2.75) is 37.8 Å². The first kappa shape index (κ1) is 11.6. The van der Waals surface area contributed by atoms with Crippen molar-refractivity contribution >= 4 is 10.0 Å². The summed E-state index contributed by atoms with van der Waals surface area (Å²) in [5.74, 6) is 0.965. The minimum Gasteiger partial charge on any atom is -0.335 e. The Morgan fingerprint density at radius 2 is 2.19 bits per heavy atom. The molecule has 0 amide bonds. The van der Waals surface area contributed by atoms with Gasteiger partial charge >= 0.3 is 0 Å². The Morgan fingerprint density at radius 3 is 2.69 bits per heavy atom. The molecule has 3 unspecified atom stereocenters. The molecule has 1 fully saturated rings. The van der Waals surface area contributed by atoms with Crippen molar-refractivity contribution in [3.05, 3.63) is 12.5 Å². The van der Waals surface area contributed by atoms with Gasteiger partial charge in [-0.25, -0.2) is 18.1 Å². The number of aromatic nitrogens is 2. The van der Waals surface area contributed by atoms with Crippen molar-refractivity contribution in [1.29, 1.82) is 0 Å². The van der Waals surface area contributed by atoms with Gasteiger partial charge in [0.15, 0.2) is 5.03 Å². The summed E-state index contributed by atoms with van der Waals surface area (Å²) in [4.78, 5) is 6.34. The van der Waals surface area contributed by atoms with E-state index >= 15 is 0 Å². The van der Waals surface area contributed by atoms with Gasteiger partial charge in [0.25, 0.3) is 10.0 Å². The maximum absolute atomic E-state index is 11.9. The molecule has 0 spiro atoms. The highest BCUT2D eigenvalue weighted by atomic mass is 32.2. The first-order chi connectivity index (χ1) is 7.50. The SMILES string of the molecule is CC1CCC(NS(=O)(=O)c2cnc[nH]2)C1C. The van der Waals surface area contributed by atoms with Gasteiger partial charge in [0.05, 0.1) is 12.5 Å². The van der Waals surface area contributed by atoms with E-state index in [9.17, 15) is 8.42 Å². The third-order valence-corrected chi connectivity index (χ3v) is 4.95. The van der Waals surface area contributed by atoms with Gasteiger partial charge < -0.3 is 4.98 Å². The number of imidazole rings is 1. The Kier molecular flexibility index (Phi) is 3.03. The smallest absolute Gasteiger partial charge is 0.257 e. The molecule has 5 nitrogen and oxygen atoms in total. The summed E-state index contributed by atoms with van der Waals surface area (Å²) in [6, 6.07) is 0.0447. The highest BCUT2D eigenvalue weighted by Gasteiger charge is 2.33. The summed E-state index contributed by atoms with van der Waals surface area (Å²) in [6.07, 6.45) is 4.69. The molecule has 90 valence electrons. The number of H-pyrrole nitrogens is 1. The van der Waals surface area contributed by atoms with Crippen LogP contribution in [0.3, 0.4) is 0 Å². The van der Waals surface area contributed by atoms with E-state index in [0.717, 1.165) is 12.8 Å². The van der Waals surface area contributed by atoms with Gasteiger partial charge in [-0.1, -0.05) is 13.8 Å². The van der Waals surface area contributed by atoms with Gasteiger partial charge in [-0.3, -0.25) is 0 Å². The van der Waals surface area contributed by atoms with Crippen molar-refractivity contribution in [1.82, 2.24) is 14.7 Å². The molecule has 2 rings (SSSR count). The number of hydrogen-bond donors (Lipinski definition) is 2. The average Bonchev–Trinajstić information content (AvgIpc) is 2.83. The Hall–Kier alpha value is -0.880. The molecular weight excluding hydrogens is 226 g/mol. The molecule has 1 aliphatic carbocycles. The fourth-order valence-electron chi connectivity index (χ4n) is 2.18. The number of rotatable bonds is 3. The summed E-state index contributed by atoms with van der Waals surface area (Å²) in [7, 11) is -3.42. The van der Waals surface area contributed by atoms with Crippen molar-refractivity contribution in [3.8, 4) is 0 Å². The van der Waals surface area contributed by atoms with Crippen LogP contribution in [0.25, 0.3) is 0 Å². The van der Waals surface area contributed by atoms with Gasteiger partial charge in [0.2, 0.25) is 0 Å². The van der Waals surface area contributed by atoms with Crippen LogP contribution in [0, 0.1) is 11.8 Å². The molecule has 0 radical (unpaired) electrons. The van der Waals surface area contributed by atoms with E-state index < -0.39 is 10.0 Å². The number of sulfonamides is 1. The van der Waals surface area contributed by atoms with Crippen molar-refractivity contribution in [2.75, 3.05) is 0 Å². The maximum atomic E-state index is 11.9. The van der Waals surface area contributed by atoms with Gasteiger partial charge in [0, 0.05) is 6.04 Å². The van der Waals surface area contributed by atoms with Crippen LogP contribution < -0.4 is 4.72 Å². The molecule has 2 N–H and O–H groups in total. The normalized spacial score (nSPS) is 30.8. The molecule has 0 saturated heterocycles. The number of nitrogens with one attached hydrogen (secondary N) is 2. The highest BCUT2D eigenvalue weighted by Crippen LogP contribution is 2.31. The predicted octanol–water partition coefficient (Wildman–Crippen LogP) is 1.12. The average molecular weight is 243 g/mol. The Labute approximate surface area is 95.7 Å². The Balaban J connectivity index is 2.11. The highest BCUT2D eigenvalue weighted by molar-refractivity contribution is 7.89. The second-order valence-electron chi connectivity index (χ2n) is 4.56. The van der Waals surface area contributed by atoms with E-state index in [0.29, 0.717) is 11.8 Å². The second kappa shape index (κ2) is 4.18. The first-order valence-electron chi connectivity index (χ1n) is 5.51. The van der Waals surface area contributed by atoms with Gasteiger partial charge in [-0.15, -0.1) is 0 Å². The lowest BCUT2D eigenvalue weighted by atomic mass is 9.98. The van der Waals surface area contributed by atoms with Gasteiger partial charge in [-0.2, -0.15) is 0 Å². The van der Waals surface area contributed by atoms with E-state index in [1.54, 1.807) is 0 Å². The molecular formula is C10H17N3O2S. The molecule has 6 heteroatoms. The van der Waals surface area contributed by atoms with E-state index in [1.807, 2.05) is 0 Å². The van der Waals surface area contributed by atoms with Crippen molar-refractivity contribution in [3.63, 3.8) is 0 Å². The van der Waals surface area contributed by atoms with Crippen LogP contribution in [0.5, 0.6) is 0 Å². The minimum absolute atomic E-state index is 0.0447. The van der Waals surface area contributed by atoms with E-state index in [-0.39, 0.29) is 11.1 Å². The fraction of sp³-hybridized carbons (Fsp3) is 0.700. The van der Waals surface area contributed by atoms with E-state index in [2.05, 4.69) is 28.5 Å². The summed E-state index contributed by atoms with van der Waals surface area (Å²) < 4.78 is 26.6. The number of hydrogen-bond acceptors (Lipinski definition) is 3. The third kappa shape index (κ3) is 2.12. The van der Waals surface area contributed by atoms with Crippen LogP contribution in [0.2, 0.25) is 0 Å². The summed E-state index contributed by atoms with van der Waals surface area (Å²) in [5.41, 5.74) is 0. The van der Waals surface area contributed by atoms with Crippen LogP contribution in [-0.4, -0.2) is 24.4 Å². The molecule has 1 heterocycles. The molecule has 1 aromatic heterocycles. The summed E-state index contributed by atoms with van der Waals surface area (Å²) in [6.45, 7) is 4.26. The number of aromatic amines is 1. The largest absolute Gasteiger partial charge is 0.335 e. The van der Waals surface area contributed by atoms with Crippen LogP contribution in [0.1, 0.15) is 26.7 Å². The van der Waals surface area contributed by atoms with E-state index in [4.69, 9.17) is 0 Å². The van der Waals surface area contributed by atoms with E-state index in [1.165, 1.54) is 12.5 Å². The molecule has 0 aromatic carbocycles. The summed E-state index contributed by atoms with van der Waals surface area (Å²) in [5, 5.41) is 0.138. The zero-order valence-electron chi connectivity index (χ0n) is 9.47. The van der Waals surface area contributed by atoms with Crippen LogP contribution in [-0.2, 0) is 10.0 Å². The zero-order chi connectivity index (χ0) is 11.8. The van der Waals surface area contributed by atoms with Crippen LogP contribution >= 0.6 is 0 Å². The van der Waals surface area contributed by atoms with Gasteiger partial charge in [0.1, 0.15) is 0 Å². The lowest BCUT2D eigenvalue weighted by Gasteiger charge is -2.18. The maximum Gasteiger partial charge on any atom is 0.257 e. The molecule has 0 aliphatic heterocycles. The predicted molar refractivity (Wildman–Crippen MR) is 60.3 cm³/mol. The topological polar surface area (TPSA) is 74.8 Å². The Morgan fingerprint density at radius 1 is 1.44 bits per heavy atom. The van der Waals surface area contributed by atoms with Crippen molar-refractivity contribution in [2.24, 2.45) is 11.8 Å².